The molecular weight excluding hydrogens is 202 g/mol. The Hall–Kier alpha value is -1.51. The molecule has 0 radical (unpaired) electrons. The minimum Gasteiger partial charge on any atom is -0.480 e. The number of hydrogen-bond acceptors (Lipinski definition) is 2. The van der Waals surface area contributed by atoms with E-state index in [-0.39, 0.29) is 6.54 Å². The number of rotatable bonds is 6. The molecule has 0 unspecified atom stereocenters. The molecule has 0 aliphatic heterocycles. The molecule has 1 N–H and O–H groups in total. The van der Waals surface area contributed by atoms with E-state index in [0.717, 1.165) is 24.6 Å². The number of carboxylic acid groups (broad SMARTS) is 1. The van der Waals surface area contributed by atoms with Crippen LogP contribution in [0.15, 0.2) is 30.3 Å². The number of hydrogen-bond donors (Lipinski definition) is 1. The standard InChI is InChI=1S/C13H17NO2/c15-13(16)10-14(9-8-11-6-7-11)12-4-2-1-3-5-12/h1-5,11H,6-10H2,(H,15,16). The average Bonchev–Trinajstić information content (AvgIpc) is 3.09. The monoisotopic (exact) mass is 219 g/mol. The normalized spacial score (nSPS) is 14.8. The van der Waals surface area contributed by atoms with Crippen LogP contribution in [0.4, 0.5) is 5.69 Å². The first-order valence-corrected chi connectivity index (χ1v) is 5.77. The summed E-state index contributed by atoms with van der Waals surface area (Å²) in [5.41, 5.74) is 1.01. The van der Waals surface area contributed by atoms with E-state index in [1.165, 1.54) is 12.8 Å². The highest BCUT2D eigenvalue weighted by molar-refractivity contribution is 5.73. The fourth-order valence-electron chi connectivity index (χ4n) is 1.85. The molecule has 1 aliphatic rings. The zero-order valence-electron chi connectivity index (χ0n) is 9.30. The third-order valence-corrected chi connectivity index (χ3v) is 2.95. The van der Waals surface area contributed by atoms with E-state index in [1.54, 1.807) is 0 Å². The molecule has 0 amide bonds. The summed E-state index contributed by atoms with van der Waals surface area (Å²) >= 11 is 0. The Morgan fingerprint density at radius 3 is 2.56 bits per heavy atom. The summed E-state index contributed by atoms with van der Waals surface area (Å²) in [7, 11) is 0. The summed E-state index contributed by atoms with van der Waals surface area (Å²) < 4.78 is 0. The van der Waals surface area contributed by atoms with Gasteiger partial charge in [-0.05, 0) is 24.5 Å². The largest absolute Gasteiger partial charge is 0.480 e. The number of carboxylic acids is 1. The SMILES string of the molecule is O=C(O)CN(CCC1CC1)c1ccccc1. The van der Waals surface area contributed by atoms with E-state index in [1.807, 2.05) is 35.2 Å². The molecule has 0 aromatic heterocycles. The molecule has 0 heterocycles. The summed E-state index contributed by atoms with van der Waals surface area (Å²) in [6, 6.07) is 9.78. The topological polar surface area (TPSA) is 40.5 Å². The maximum atomic E-state index is 10.8. The second-order valence-corrected chi connectivity index (χ2v) is 4.38. The van der Waals surface area contributed by atoms with Gasteiger partial charge in [-0.15, -0.1) is 0 Å². The first-order chi connectivity index (χ1) is 7.75. The van der Waals surface area contributed by atoms with E-state index in [2.05, 4.69) is 0 Å². The van der Waals surface area contributed by atoms with Crippen molar-refractivity contribution in [3.63, 3.8) is 0 Å². The molecule has 1 aromatic carbocycles. The van der Waals surface area contributed by atoms with E-state index in [0.29, 0.717) is 0 Å². The van der Waals surface area contributed by atoms with Crippen LogP contribution in [0.1, 0.15) is 19.3 Å². The maximum Gasteiger partial charge on any atom is 0.323 e. The number of para-hydroxylation sites is 1. The van der Waals surface area contributed by atoms with Crippen LogP contribution in [-0.2, 0) is 4.79 Å². The lowest BCUT2D eigenvalue weighted by atomic mass is 10.2. The number of nitrogens with zero attached hydrogens (tertiary/aromatic N) is 1. The first-order valence-electron chi connectivity index (χ1n) is 5.77. The number of benzene rings is 1. The second-order valence-electron chi connectivity index (χ2n) is 4.38. The predicted octanol–water partition coefficient (Wildman–Crippen LogP) is 2.38. The molecule has 2 rings (SSSR count). The van der Waals surface area contributed by atoms with Crippen molar-refractivity contribution in [2.45, 2.75) is 19.3 Å². The van der Waals surface area contributed by atoms with Gasteiger partial charge in [0.25, 0.3) is 0 Å². The number of anilines is 1. The molecule has 0 bridgehead atoms. The molecule has 86 valence electrons. The van der Waals surface area contributed by atoms with Crippen LogP contribution in [0.3, 0.4) is 0 Å². The van der Waals surface area contributed by atoms with Crippen LogP contribution in [0.2, 0.25) is 0 Å². The Morgan fingerprint density at radius 1 is 1.31 bits per heavy atom. The minimum absolute atomic E-state index is 0.0940. The van der Waals surface area contributed by atoms with Gasteiger partial charge in [0.05, 0.1) is 0 Å². The van der Waals surface area contributed by atoms with Gasteiger partial charge in [-0.3, -0.25) is 4.79 Å². The molecule has 1 aliphatic carbocycles. The lowest BCUT2D eigenvalue weighted by molar-refractivity contribution is -0.135. The van der Waals surface area contributed by atoms with Crippen molar-refractivity contribution in [3.8, 4) is 0 Å². The van der Waals surface area contributed by atoms with Crippen molar-refractivity contribution in [2.24, 2.45) is 5.92 Å². The fraction of sp³-hybridized carbons (Fsp3) is 0.462. The maximum absolute atomic E-state index is 10.8. The highest BCUT2D eigenvalue weighted by Gasteiger charge is 2.22. The molecule has 1 saturated carbocycles. The zero-order valence-corrected chi connectivity index (χ0v) is 9.30. The van der Waals surface area contributed by atoms with Gasteiger partial charge in [0, 0.05) is 12.2 Å². The Bertz CT molecular complexity index is 346. The van der Waals surface area contributed by atoms with Crippen LogP contribution in [0.5, 0.6) is 0 Å². The van der Waals surface area contributed by atoms with Crippen molar-refractivity contribution in [1.29, 1.82) is 0 Å². The molecular formula is C13H17NO2. The van der Waals surface area contributed by atoms with Crippen molar-refractivity contribution >= 4 is 11.7 Å². The van der Waals surface area contributed by atoms with Gasteiger partial charge in [0.2, 0.25) is 0 Å². The fourth-order valence-corrected chi connectivity index (χ4v) is 1.85. The third kappa shape index (κ3) is 3.26. The van der Waals surface area contributed by atoms with Crippen molar-refractivity contribution < 1.29 is 9.90 Å². The molecule has 0 saturated heterocycles. The number of aliphatic carboxylic acids is 1. The van der Waals surface area contributed by atoms with Crippen molar-refractivity contribution in [3.05, 3.63) is 30.3 Å². The zero-order chi connectivity index (χ0) is 11.4. The van der Waals surface area contributed by atoms with Gasteiger partial charge in [0.15, 0.2) is 0 Å². The molecule has 3 nitrogen and oxygen atoms in total. The van der Waals surface area contributed by atoms with Crippen LogP contribution >= 0.6 is 0 Å². The second kappa shape index (κ2) is 5.01. The number of carbonyl (C=O) groups is 1. The highest BCUT2D eigenvalue weighted by atomic mass is 16.4. The van der Waals surface area contributed by atoms with Gasteiger partial charge in [0.1, 0.15) is 6.54 Å². The summed E-state index contributed by atoms with van der Waals surface area (Å²) in [6.07, 6.45) is 3.74. The van der Waals surface area contributed by atoms with Crippen molar-refractivity contribution in [2.75, 3.05) is 18.0 Å². The average molecular weight is 219 g/mol. The van der Waals surface area contributed by atoms with Crippen LogP contribution < -0.4 is 4.90 Å². The lowest BCUT2D eigenvalue weighted by Gasteiger charge is -2.22. The van der Waals surface area contributed by atoms with Crippen molar-refractivity contribution in [1.82, 2.24) is 0 Å². The highest BCUT2D eigenvalue weighted by Crippen LogP contribution is 2.32. The van der Waals surface area contributed by atoms with E-state index in [4.69, 9.17) is 5.11 Å². The molecule has 3 heteroatoms. The Labute approximate surface area is 95.7 Å². The molecule has 1 fully saturated rings. The Balaban J connectivity index is 1.97. The molecule has 0 atom stereocenters. The summed E-state index contributed by atoms with van der Waals surface area (Å²) in [4.78, 5) is 12.7. The van der Waals surface area contributed by atoms with E-state index < -0.39 is 5.97 Å². The minimum atomic E-state index is -0.764. The Morgan fingerprint density at radius 2 is 2.00 bits per heavy atom. The molecule has 1 aromatic rings. The van der Waals surface area contributed by atoms with Crippen LogP contribution in [0, 0.1) is 5.92 Å². The van der Waals surface area contributed by atoms with Crippen LogP contribution in [0.25, 0.3) is 0 Å². The summed E-state index contributed by atoms with van der Waals surface area (Å²) in [5.74, 6) is 0.0691. The summed E-state index contributed by atoms with van der Waals surface area (Å²) in [5, 5.41) is 8.88. The summed E-state index contributed by atoms with van der Waals surface area (Å²) in [6.45, 7) is 0.942. The smallest absolute Gasteiger partial charge is 0.323 e. The predicted molar refractivity (Wildman–Crippen MR) is 63.6 cm³/mol. The lowest BCUT2D eigenvalue weighted by Crippen LogP contribution is -2.30. The van der Waals surface area contributed by atoms with Gasteiger partial charge < -0.3 is 10.0 Å². The molecule has 16 heavy (non-hydrogen) atoms. The molecule has 0 spiro atoms. The van der Waals surface area contributed by atoms with Gasteiger partial charge >= 0.3 is 5.97 Å². The van der Waals surface area contributed by atoms with Gasteiger partial charge in [-0.1, -0.05) is 31.0 Å². The van der Waals surface area contributed by atoms with Gasteiger partial charge in [-0.25, -0.2) is 0 Å². The quantitative estimate of drug-likeness (QED) is 0.798. The van der Waals surface area contributed by atoms with Crippen LogP contribution in [-0.4, -0.2) is 24.2 Å². The van der Waals surface area contributed by atoms with E-state index >= 15 is 0 Å². The van der Waals surface area contributed by atoms with E-state index in [9.17, 15) is 4.79 Å². The van der Waals surface area contributed by atoms with Gasteiger partial charge in [-0.2, -0.15) is 0 Å². The third-order valence-electron chi connectivity index (χ3n) is 2.95. The Kier molecular flexibility index (Phi) is 3.44. The first kappa shape index (κ1) is 11.0.